The number of rotatable bonds is 6. The molecule has 4 heteroatoms. The maximum Gasteiger partial charge on any atom is 0.314 e. The van der Waals surface area contributed by atoms with Gasteiger partial charge in [0.25, 0.3) is 0 Å². The highest BCUT2D eigenvalue weighted by Crippen LogP contribution is 1.96. The number of unbranched alkanes of at least 4 members (excludes halogenated alkanes) is 3. The second-order valence-corrected chi connectivity index (χ2v) is 2.86. The number of urea groups is 1. The van der Waals surface area contributed by atoms with Gasteiger partial charge in [-0.1, -0.05) is 18.6 Å². The van der Waals surface area contributed by atoms with Crippen molar-refractivity contribution in [1.29, 1.82) is 0 Å². The zero-order valence-corrected chi connectivity index (χ0v) is 8.25. The molecule has 0 saturated heterocycles. The summed E-state index contributed by atoms with van der Waals surface area (Å²) in [6.07, 6.45) is 4.27. The summed E-state index contributed by atoms with van der Waals surface area (Å²) in [7, 11) is 1.61. The van der Waals surface area contributed by atoms with Crippen molar-refractivity contribution >= 4 is 23.6 Å². The van der Waals surface area contributed by atoms with Crippen LogP contribution in [0, 0.1) is 0 Å². The standard InChI is InChI=1S/C8H16N2OS/c1-9-8(11)10-6-4-2-3-5-7-12/h7H,2-6H2,1H3,(H2,9,10,11). The molecule has 0 aliphatic rings. The Kier molecular flexibility index (Phi) is 8.01. The topological polar surface area (TPSA) is 41.1 Å². The van der Waals surface area contributed by atoms with Crippen LogP contribution in [0.2, 0.25) is 0 Å². The fourth-order valence-corrected chi connectivity index (χ4v) is 0.986. The molecule has 0 saturated carbocycles. The van der Waals surface area contributed by atoms with Gasteiger partial charge in [-0.25, -0.2) is 4.79 Å². The molecule has 0 bridgehead atoms. The van der Waals surface area contributed by atoms with Gasteiger partial charge in [0.2, 0.25) is 0 Å². The predicted molar refractivity (Wildman–Crippen MR) is 54.6 cm³/mol. The number of amides is 2. The number of carbonyl (C=O) groups excluding carboxylic acids is 1. The van der Waals surface area contributed by atoms with Crippen LogP contribution >= 0.6 is 12.2 Å². The summed E-state index contributed by atoms with van der Waals surface area (Å²) in [4.78, 5) is 10.7. The molecule has 0 rings (SSSR count). The minimum atomic E-state index is -0.107. The molecule has 0 heterocycles. The fraction of sp³-hybridized carbons (Fsp3) is 0.750. The van der Waals surface area contributed by atoms with Crippen LogP contribution in [0.25, 0.3) is 0 Å². The minimum absolute atomic E-state index is 0.107. The first-order valence-electron chi connectivity index (χ1n) is 4.20. The maximum absolute atomic E-state index is 10.7. The SMILES string of the molecule is CNC(=O)NCCCCCC=S. The molecule has 0 aliphatic heterocycles. The molecular weight excluding hydrogens is 172 g/mol. The molecule has 2 N–H and O–H groups in total. The van der Waals surface area contributed by atoms with E-state index in [2.05, 4.69) is 22.9 Å². The lowest BCUT2D eigenvalue weighted by Crippen LogP contribution is -2.33. The van der Waals surface area contributed by atoms with Gasteiger partial charge in [0, 0.05) is 13.6 Å². The first-order chi connectivity index (χ1) is 5.81. The molecule has 0 atom stereocenters. The maximum atomic E-state index is 10.7. The van der Waals surface area contributed by atoms with E-state index in [0.29, 0.717) is 0 Å². The second kappa shape index (κ2) is 8.46. The quantitative estimate of drug-likeness (QED) is 0.489. The Morgan fingerprint density at radius 2 is 2.17 bits per heavy atom. The molecule has 12 heavy (non-hydrogen) atoms. The number of hydrogen-bond acceptors (Lipinski definition) is 2. The molecule has 0 unspecified atom stereocenters. The number of nitrogens with one attached hydrogen (secondary N) is 2. The third kappa shape index (κ3) is 7.47. The molecular formula is C8H16N2OS. The van der Waals surface area contributed by atoms with Gasteiger partial charge >= 0.3 is 6.03 Å². The van der Waals surface area contributed by atoms with Crippen LogP contribution in [0.5, 0.6) is 0 Å². The van der Waals surface area contributed by atoms with Gasteiger partial charge < -0.3 is 10.6 Å². The van der Waals surface area contributed by atoms with Gasteiger partial charge in [-0.3, -0.25) is 0 Å². The van der Waals surface area contributed by atoms with E-state index in [1.807, 2.05) is 0 Å². The van der Waals surface area contributed by atoms with Crippen molar-refractivity contribution in [2.24, 2.45) is 0 Å². The summed E-state index contributed by atoms with van der Waals surface area (Å²) in [6.45, 7) is 0.747. The largest absolute Gasteiger partial charge is 0.341 e. The van der Waals surface area contributed by atoms with E-state index >= 15 is 0 Å². The van der Waals surface area contributed by atoms with Crippen molar-refractivity contribution in [2.75, 3.05) is 13.6 Å². The van der Waals surface area contributed by atoms with E-state index in [1.54, 1.807) is 12.4 Å². The van der Waals surface area contributed by atoms with Crippen molar-refractivity contribution < 1.29 is 4.79 Å². The summed E-state index contributed by atoms with van der Waals surface area (Å²) in [6, 6.07) is -0.107. The molecule has 0 fully saturated rings. The molecule has 0 spiro atoms. The lowest BCUT2D eigenvalue weighted by Gasteiger charge is -2.02. The first-order valence-corrected chi connectivity index (χ1v) is 4.67. The highest BCUT2D eigenvalue weighted by molar-refractivity contribution is 7.78. The van der Waals surface area contributed by atoms with Gasteiger partial charge in [-0.15, -0.1) is 0 Å². The normalized spacial score (nSPS) is 9.08. The van der Waals surface area contributed by atoms with Crippen LogP contribution in [0.15, 0.2) is 0 Å². The molecule has 0 aromatic carbocycles. The van der Waals surface area contributed by atoms with Gasteiger partial charge in [-0.2, -0.15) is 0 Å². The van der Waals surface area contributed by atoms with Crippen molar-refractivity contribution in [3.05, 3.63) is 0 Å². The molecule has 0 radical (unpaired) electrons. The third-order valence-corrected chi connectivity index (χ3v) is 1.75. The van der Waals surface area contributed by atoms with Crippen LogP contribution in [0.1, 0.15) is 25.7 Å². The van der Waals surface area contributed by atoms with Crippen molar-refractivity contribution in [3.8, 4) is 0 Å². The van der Waals surface area contributed by atoms with Crippen LogP contribution in [-0.4, -0.2) is 25.0 Å². The van der Waals surface area contributed by atoms with Crippen LogP contribution in [-0.2, 0) is 0 Å². The Hall–Kier alpha value is -0.640. The highest BCUT2D eigenvalue weighted by atomic mass is 32.1. The summed E-state index contributed by atoms with van der Waals surface area (Å²) in [5.74, 6) is 0. The number of thiocarbonyl (C=S) groups is 1. The fourth-order valence-electron chi connectivity index (χ4n) is 0.820. The third-order valence-electron chi connectivity index (χ3n) is 1.51. The van der Waals surface area contributed by atoms with Crippen molar-refractivity contribution in [1.82, 2.24) is 10.6 Å². The second-order valence-electron chi connectivity index (χ2n) is 2.52. The van der Waals surface area contributed by atoms with Crippen LogP contribution in [0.3, 0.4) is 0 Å². The van der Waals surface area contributed by atoms with E-state index in [-0.39, 0.29) is 6.03 Å². The summed E-state index contributed by atoms with van der Waals surface area (Å²) in [5, 5.41) is 6.97. The summed E-state index contributed by atoms with van der Waals surface area (Å²) < 4.78 is 0. The van der Waals surface area contributed by atoms with Crippen molar-refractivity contribution in [2.45, 2.75) is 25.7 Å². The Bertz CT molecular complexity index is 139. The Balaban J connectivity index is 3.00. The summed E-state index contributed by atoms with van der Waals surface area (Å²) in [5.41, 5.74) is 0. The Morgan fingerprint density at radius 3 is 2.75 bits per heavy atom. The van der Waals surface area contributed by atoms with Crippen LogP contribution in [0.4, 0.5) is 4.79 Å². The van der Waals surface area contributed by atoms with Gasteiger partial charge in [0.15, 0.2) is 0 Å². The highest BCUT2D eigenvalue weighted by Gasteiger charge is 1.93. The Morgan fingerprint density at radius 1 is 1.42 bits per heavy atom. The molecule has 70 valence electrons. The molecule has 3 nitrogen and oxygen atoms in total. The molecule has 0 aliphatic carbocycles. The zero-order valence-electron chi connectivity index (χ0n) is 7.43. The molecule has 0 aromatic rings. The smallest absolute Gasteiger partial charge is 0.314 e. The van der Waals surface area contributed by atoms with Crippen LogP contribution < -0.4 is 10.6 Å². The van der Waals surface area contributed by atoms with E-state index < -0.39 is 0 Å². The monoisotopic (exact) mass is 188 g/mol. The lowest BCUT2D eigenvalue weighted by molar-refractivity contribution is 0.242. The Labute approximate surface area is 78.9 Å². The van der Waals surface area contributed by atoms with E-state index in [4.69, 9.17) is 0 Å². The zero-order chi connectivity index (χ0) is 9.23. The lowest BCUT2D eigenvalue weighted by atomic mass is 10.2. The number of hydrogen-bond donors (Lipinski definition) is 2. The van der Waals surface area contributed by atoms with Gasteiger partial charge in [0.1, 0.15) is 0 Å². The van der Waals surface area contributed by atoms with E-state index in [9.17, 15) is 4.79 Å². The average molecular weight is 188 g/mol. The van der Waals surface area contributed by atoms with Crippen molar-refractivity contribution in [3.63, 3.8) is 0 Å². The predicted octanol–water partition coefficient (Wildman–Crippen LogP) is 1.48. The van der Waals surface area contributed by atoms with Gasteiger partial charge in [-0.05, 0) is 24.6 Å². The average Bonchev–Trinajstić information content (AvgIpc) is 2.10. The van der Waals surface area contributed by atoms with E-state index in [1.165, 1.54) is 0 Å². The molecule has 0 aromatic heterocycles. The van der Waals surface area contributed by atoms with E-state index in [0.717, 1.165) is 32.2 Å². The summed E-state index contributed by atoms with van der Waals surface area (Å²) >= 11 is 4.69. The first kappa shape index (κ1) is 11.4. The number of carbonyl (C=O) groups is 1. The van der Waals surface area contributed by atoms with Gasteiger partial charge in [0.05, 0.1) is 0 Å². The molecule has 2 amide bonds. The minimum Gasteiger partial charge on any atom is -0.341 e.